The van der Waals surface area contributed by atoms with Crippen LogP contribution in [0.15, 0.2) is 30.3 Å². The zero-order valence-corrected chi connectivity index (χ0v) is 14.7. The fraction of sp³-hybridized carbons (Fsp3) is 0.412. The third kappa shape index (κ3) is 6.50. The summed E-state index contributed by atoms with van der Waals surface area (Å²) in [5.41, 5.74) is 12.0. The van der Waals surface area contributed by atoms with Crippen LogP contribution < -0.4 is 20.9 Å². The third-order valence-electron chi connectivity index (χ3n) is 3.38. The number of halogens is 1. The summed E-state index contributed by atoms with van der Waals surface area (Å²) in [5, 5.41) is 0. The number of hydrogen-bond donors (Lipinski definition) is 2. The van der Waals surface area contributed by atoms with Gasteiger partial charge in [-0.3, -0.25) is 0 Å². The number of para-hydroxylation sites is 1. The number of anilines is 2. The van der Waals surface area contributed by atoms with Crippen molar-refractivity contribution in [3.05, 3.63) is 36.0 Å². The Bertz CT molecular complexity index is 588. The highest BCUT2D eigenvalue weighted by Gasteiger charge is 2.08. The molecule has 0 bridgehead atoms. The molecular weight excluding hydrogens is 328 g/mol. The van der Waals surface area contributed by atoms with Crippen molar-refractivity contribution in [3.63, 3.8) is 0 Å². The number of rotatable bonds is 9. The molecule has 4 N–H and O–H groups in total. The predicted octanol–water partition coefficient (Wildman–Crippen LogP) is 3.39. The number of aromatic nitrogens is 2. The zero-order chi connectivity index (χ0) is 16.5. The van der Waals surface area contributed by atoms with E-state index >= 15 is 0 Å². The van der Waals surface area contributed by atoms with E-state index in [2.05, 4.69) is 9.97 Å². The molecule has 24 heavy (non-hydrogen) atoms. The van der Waals surface area contributed by atoms with Crippen molar-refractivity contribution in [1.82, 2.24) is 9.97 Å². The van der Waals surface area contributed by atoms with Gasteiger partial charge in [-0.1, -0.05) is 18.2 Å². The van der Waals surface area contributed by atoms with Gasteiger partial charge < -0.3 is 20.9 Å². The maximum absolute atomic E-state index is 5.79. The van der Waals surface area contributed by atoms with Crippen LogP contribution in [0.5, 0.6) is 11.5 Å². The van der Waals surface area contributed by atoms with Crippen LogP contribution in [-0.4, -0.2) is 23.2 Å². The number of benzene rings is 1. The van der Waals surface area contributed by atoms with Gasteiger partial charge in [0.2, 0.25) is 5.95 Å². The number of nitrogen functional groups attached to an aromatic ring is 2. The fourth-order valence-corrected chi connectivity index (χ4v) is 2.22. The second kappa shape index (κ2) is 10.5. The van der Waals surface area contributed by atoms with E-state index in [1.165, 1.54) is 0 Å². The molecule has 0 spiro atoms. The lowest BCUT2D eigenvalue weighted by Gasteiger charge is -2.11. The van der Waals surface area contributed by atoms with E-state index in [1.807, 2.05) is 37.3 Å². The molecule has 0 fully saturated rings. The van der Waals surface area contributed by atoms with Gasteiger partial charge in [-0.2, -0.15) is 4.98 Å². The Hall–Kier alpha value is -2.21. The first-order chi connectivity index (χ1) is 11.2. The summed E-state index contributed by atoms with van der Waals surface area (Å²) in [6, 6.07) is 9.86. The summed E-state index contributed by atoms with van der Waals surface area (Å²) in [4.78, 5) is 7.95. The molecule has 0 saturated carbocycles. The zero-order valence-electron chi connectivity index (χ0n) is 13.9. The van der Waals surface area contributed by atoms with Crippen LogP contribution in [-0.2, 0) is 0 Å². The highest BCUT2D eigenvalue weighted by molar-refractivity contribution is 5.85. The molecule has 0 atom stereocenters. The topological polar surface area (TPSA) is 96.3 Å². The van der Waals surface area contributed by atoms with E-state index in [1.54, 1.807) is 0 Å². The lowest BCUT2D eigenvalue weighted by Crippen LogP contribution is -2.07. The second-order valence-electron chi connectivity index (χ2n) is 5.31. The van der Waals surface area contributed by atoms with Crippen molar-refractivity contribution in [2.75, 3.05) is 24.7 Å². The van der Waals surface area contributed by atoms with E-state index in [0.29, 0.717) is 23.9 Å². The van der Waals surface area contributed by atoms with Crippen LogP contribution in [0.25, 0.3) is 0 Å². The van der Waals surface area contributed by atoms with E-state index < -0.39 is 0 Å². The van der Waals surface area contributed by atoms with Gasteiger partial charge in [0, 0.05) is 0 Å². The Kier molecular flexibility index (Phi) is 8.71. The summed E-state index contributed by atoms with van der Waals surface area (Å²) >= 11 is 0. The molecule has 0 aliphatic heterocycles. The van der Waals surface area contributed by atoms with Crippen LogP contribution >= 0.6 is 12.4 Å². The van der Waals surface area contributed by atoms with Crippen LogP contribution in [0.2, 0.25) is 0 Å². The maximum atomic E-state index is 5.79. The molecule has 132 valence electrons. The Morgan fingerprint density at radius 3 is 2.12 bits per heavy atom. The standard InChI is InChI=1S/C17H24N4O2.ClH/c1-13-15(16(18)21-17(19)20-13)23-12-8-3-2-7-11-22-14-9-5-4-6-10-14;/h4-6,9-10H,2-3,7-8,11-12H2,1H3,(H4,18,19,20,21);1H. The molecule has 2 rings (SSSR count). The van der Waals surface area contributed by atoms with Crippen LogP contribution in [0, 0.1) is 6.92 Å². The molecule has 0 amide bonds. The van der Waals surface area contributed by atoms with Gasteiger partial charge in [0.05, 0.1) is 18.9 Å². The SMILES string of the molecule is Cc1nc(N)nc(N)c1OCCCCCCOc1ccccc1.Cl. The van der Waals surface area contributed by atoms with Gasteiger partial charge >= 0.3 is 0 Å². The number of nitrogens with two attached hydrogens (primary N) is 2. The van der Waals surface area contributed by atoms with E-state index in [-0.39, 0.29) is 18.4 Å². The van der Waals surface area contributed by atoms with Crippen LogP contribution in [0.1, 0.15) is 31.4 Å². The first kappa shape index (κ1) is 19.8. The number of aryl methyl sites for hydroxylation is 1. The molecule has 1 heterocycles. The summed E-state index contributed by atoms with van der Waals surface area (Å²) < 4.78 is 11.3. The lowest BCUT2D eigenvalue weighted by molar-refractivity contribution is 0.286. The quantitative estimate of drug-likeness (QED) is 0.671. The van der Waals surface area contributed by atoms with Crippen LogP contribution in [0.3, 0.4) is 0 Å². The minimum Gasteiger partial charge on any atom is -0.494 e. The molecule has 7 heteroatoms. The number of hydrogen-bond acceptors (Lipinski definition) is 6. The summed E-state index contributed by atoms with van der Waals surface area (Å²) in [5.74, 6) is 1.92. The summed E-state index contributed by atoms with van der Waals surface area (Å²) in [7, 11) is 0. The molecule has 1 aromatic carbocycles. The molecule has 0 aliphatic rings. The Labute approximate surface area is 149 Å². The molecule has 0 radical (unpaired) electrons. The van der Waals surface area contributed by atoms with Crippen molar-refractivity contribution >= 4 is 24.2 Å². The van der Waals surface area contributed by atoms with Gasteiger partial charge in [-0.25, -0.2) is 4.98 Å². The van der Waals surface area contributed by atoms with Gasteiger partial charge in [-0.05, 0) is 44.7 Å². The molecule has 6 nitrogen and oxygen atoms in total. The largest absolute Gasteiger partial charge is 0.494 e. The average Bonchev–Trinajstić information content (AvgIpc) is 2.53. The average molecular weight is 353 g/mol. The minimum atomic E-state index is 0. The molecular formula is C17H25ClN4O2. The first-order valence-electron chi connectivity index (χ1n) is 7.87. The molecule has 0 aliphatic carbocycles. The van der Waals surface area contributed by atoms with Gasteiger partial charge in [0.15, 0.2) is 11.6 Å². The van der Waals surface area contributed by atoms with Crippen molar-refractivity contribution in [3.8, 4) is 11.5 Å². The number of nitrogens with zero attached hydrogens (tertiary/aromatic N) is 2. The van der Waals surface area contributed by atoms with Gasteiger partial charge in [0.1, 0.15) is 5.75 Å². The van der Waals surface area contributed by atoms with Crippen molar-refractivity contribution in [1.29, 1.82) is 0 Å². The van der Waals surface area contributed by atoms with Gasteiger partial charge in [0.25, 0.3) is 0 Å². The lowest BCUT2D eigenvalue weighted by atomic mass is 10.2. The summed E-state index contributed by atoms with van der Waals surface area (Å²) in [6.45, 7) is 3.14. The Balaban J connectivity index is 0.00000288. The summed E-state index contributed by atoms with van der Waals surface area (Å²) in [6.07, 6.45) is 4.16. The third-order valence-corrected chi connectivity index (χ3v) is 3.38. The predicted molar refractivity (Wildman–Crippen MR) is 98.7 cm³/mol. The first-order valence-corrected chi connectivity index (χ1v) is 7.87. The highest BCUT2D eigenvalue weighted by Crippen LogP contribution is 2.23. The number of unbranched alkanes of at least 4 members (excludes halogenated alkanes) is 3. The van der Waals surface area contributed by atoms with E-state index in [4.69, 9.17) is 20.9 Å². The Morgan fingerprint density at radius 2 is 1.50 bits per heavy atom. The molecule has 2 aromatic rings. The normalized spacial score (nSPS) is 10.0. The highest BCUT2D eigenvalue weighted by atomic mass is 35.5. The Morgan fingerprint density at radius 1 is 0.875 bits per heavy atom. The smallest absolute Gasteiger partial charge is 0.222 e. The monoisotopic (exact) mass is 352 g/mol. The van der Waals surface area contributed by atoms with Crippen molar-refractivity contribution in [2.45, 2.75) is 32.6 Å². The van der Waals surface area contributed by atoms with Gasteiger partial charge in [-0.15, -0.1) is 12.4 Å². The fourth-order valence-electron chi connectivity index (χ4n) is 2.22. The van der Waals surface area contributed by atoms with Crippen molar-refractivity contribution in [2.24, 2.45) is 0 Å². The van der Waals surface area contributed by atoms with E-state index in [0.717, 1.165) is 38.0 Å². The second-order valence-corrected chi connectivity index (χ2v) is 5.31. The van der Waals surface area contributed by atoms with E-state index in [9.17, 15) is 0 Å². The number of ether oxygens (including phenoxy) is 2. The minimum absolute atomic E-state index is 0. The maximum Gasteiger partial charge on any atom is 0.222 e. The van der Waals surface area contributed by atoms with Crippen molar-refractivity contribution < 1.29 is 9.47 Å². The molecule has 0 saturated heterocycles. The van der Waals surface area contributed by atoms with Crippen LogP contribution in [0.4, 0.5) is 11.8 Å². The molecule has 0 unspecified atom stereocenters. The molecule has 1 aromatic heterocycles.